The molecule has 1 amide bonds. The number of nitrogens with one attached hydrogen (secondary N) is 1. The second-order valence-electron chi connectivity index (χ2n) is 6.64. The highest BCUT2D eigenvalue weighted by Gasteiger charge is 2.25. The normalized spacial score (nSPS) is 15.4. The van der Waals surface area contributed by atoms with Crippen LogP contribution in [0.4, 0.5) is 5.69 Å². The lowest BCUT2D eigenvalue weighted by Crippen LogP contribution is -2.35. The van der Waals surface area contributed by atoms with Gasteiger partial charge in [0.15, 0.2) is 0 Å². The minimum atomic E-state index is -3.41. The van der Waals surface area contributed by atoms with Gasteiger partial charge in [-0.05, 0) is 65.0 Å². The van der Waals surface area contributed by atoms with Crippen molar-refractivity contribution < 1.29 is 13.2 Å². The van der Waals surface area contributed by atoms with Crippen LogP contribution in [0.25, 0.3) is 0 Å². The van der Waals surface area contributed by atoms with Crippen molar-refractivity contribution >= 4 is 37.5 Å². The Hall–Kier alpha value is -1.70. The molecular weight excluding hydrogens is 428 g/mol. The van der Waals surface area contributed by atoms with E-state index in [1.807, 2.05) is 24.3 Å². The van der Waals surface area contributed by atoms with Gasteiger partial charge in [-0.15, -0.1) is 0 Å². The maximum atomic E-state index is 12.7. The van der Waals surface area contributed by atoms with Gasteiger partial charge >= 0.3 is 0 Å². The van der Waals surface area contributed by atoms with Crippen molar-refractivity contribution in [3.63, 3.8) is 0 Å². The van der Waals surface area contributed by atoms with Crippen LogP contribution in [0.1, 0.15) is 31.2 Å². The Morgan fingerprint density at radius 3 is 2.33 bits per heavy atom. The zero-order valence-electron chi connectivity index (χ0n) is 15.0. The van der Waals surface area contributed by atoms with E-state index in [4.69, 9.17) is 0 Å². The van der Waals surface area contributed by atoms with E-state index in [0.717, 1.165) is 35.0 Å². The van der Waals surface area contributed by atoms with Gasteiger partial charge in [0, 0.05) is 24.0 Å². The third-order valence-electron chi connectivity index (χ3n) is 4.66. The number of anilines is 1. The lowest BCUT2D eigenvalue weighted by atomic mass is 10.1. The molecule has 0 saturated carbocycles. The van der Waals surface area contributed by atoms with Crippen molar-refractivity contribution in [1.29, 1.82) is 0 Å². The number of benzene rings is 2. The molecule has 1 saturated heterocycles. The molecule has 1 aliphatic heterocycles. The third-order valence-corrected chi connectivity index (χ3v) is 7.27. The number of hydrogen-bond acceptors (Lipinski definition) is 3. The summed E-state index contributed by atoms with van der Waals surface area (Å²) in [5, 5.41) is 2.87. The van der Waals surface area contributed by atoms with E-state index in [2.05, 4.69) is 21.2 Å². The van der Waals surface area contributed by atoms with Crippen molar-refractivity contribution in [2.75, 3.05) is 18.4 Å². The van der Waals surface area contributed by atoms with E-state index in [1.165, 1.54) is 0 Å². The molecule has 0 bridgehead atoms. The quantitative estimate of drug-likeness (QED) is 0.716. The topological polar surface area (TPSA) is 66.5 Å². The number of rotatable bonds is 6. The lowest BCUT2D eigenvalue weighted by Gasteiger charge is -2.25. The molecule has 0 aromatic heterocycles. The predicted octanol–water partition coefficient (Wildman–Crippen LogP) is 4.20. The number of sulfonamides is 1. The summed E-state index contributed by atoms with van der Waals surface area (Å²) in [5.41, 5.74) is 1.68. The molecule has 1 fully saturated rings. The van der Waals surface area contributed by atoms with Crippen LogP contribution in [0.2, 0.25) is 0 Å². The third kappa shape index (κ3) is 5.18. The number of nitrogens with zero attached hydrogens (tertiary/aromatic N) is 1. The van der Waals surface area contributed by atoms with Gasteiger partial charge in [-0.1, -0.05) is 30.7 Å². The first-order valence-corrected chi connectivity index (χ1v) is 11.3. The maximum Gasteiger partial charge on any atom is 0.243 e. The van der Waals surface area contributed by atoms with E-state index < -0.39 is 10.0 Å². The van der Waals surface area contributed by atoms with Crippen molar-refractivity contribution in [2.45, 2.75) is 37.0 Å². The zero-order chi connectivity index (χ0) is 19.3. The number of halogens is 1. The van der Waals surface area contributed by atoms with Gasteiger partial charge < -0.3 is 5.32 Å². The second kappa shape index (κ2) is 8.99. The number of carbonyl (C=O) groups is 1. The molecule has 144 valence electrons. The van der Waals surface area contributed by atoms with Crippen molar-refractivity contribution in [3.05, 3.63) is 58.6 Å². The van der Waals surface area contributed by atoms with E-state index in [1.54, 1.807) is 28.6 Å². The van der Waals surface area contributed by atoms with Crippen LogP contribution in [-0.4, -0.2) is 31.7 Å². The predicted molar refractivity (Wildman–Crippen MR) is 110 cm³/mol. The Labute approximate surface area is 169 Å². The number of amides is 1. The van der Waals surface area contributed by atoms with Crippen molar-refractivity contribution in [2.24, 2.45) is 0 Å². The summed E-state index contributed by atoms with van der Waals surface area (Å²) in [7, 11) is -3.41. The molecule has 3 rings (SSSR count). The van der Waals surface area contributed by atoms with Crippen LogP contribution < -0.4 is 5.32 Å². The fourth-order valence-corrected chi connectivity index (χ4v) is 5.02. The molecule has 0 radical (unpaired) electrons. The zero-order valence-corrected chi connectivity index (χ0v) is 17.4. The first-order chi connectivity index (χ1) is 13.0. The summed E-state index contributed by atoms with van der Waals surface area (Å²) in [6.45, 7) is 1.19. The number of hydrogen-bond donors (Lipinski definition) is 1. The SMILES string of the molecule is O=C(CCc1ccc(S(=O)(=O)N2CCCCC2)cc1)Nc1ccccc1Br. The molecule has 1 heterocycles. The summed E-state index contributed by atoms with van der Waals surface area (Å²) in [6, 6.07) is 14.3. The van der Waals surface area contributed by atoms with Gasteiger partial charge in [0.1, 0.15) is 0 Å². The Kier molecular flexibility index (Phi) is 6.68. The van der Waals surface area contributed by atoms with E-state index >= 15 is 0 Å². The molecule has 7 heteroatoms. The highest BCUT2D eigenvalue weighted by atomic mass is 79.9. The van der Waals surface area contributed by atoms with Gasteiger partial charge in [0.05, 0.1) is 10.6 Å². The van der Waals surface area contributed by atoms with Crippen LogP contribution in [0, 0.1) is 0 Å². The Balaban J connectivity index is 1.57. The highest BCUT2D eigenvalue weighted by Crippen LogP contribution is 2.22. The van der Waals surface area contributed by atoms with Gasteiger partial charge in [0.2, 0.25) is 15.9 Å². The average Bonchev–Trinajstić information content (AvgIpc) is 2.69. The molecule has 5 nitrogen and oxygen atoms in total. The summed E-state index contributed by atoms with van der Waals surface area (Å²) >= 11 is 3.40. The molecular formula is C20H23BrN2O3S. The fraction of sp³-hybridized carbons (Fsp3) is 0.350. The highest BCUT2D eigenvalue weighted by molar-refractivity contribution is 9.10. The molecule has 27 heavy (non-hydrogen) atoms. The summed E-state index contributed by atoms with van der Waals surface area (Å²) in [6.07, 6.45) is 3.82. The number of aryl methyl sites for hydroxylation is 1. The Bertz CT molecular complexity index is 892. The lowest BCUT2D eigenvalue weighted by molar-refractivity contribution is -0.116. The minimum absolute atomic E-state index is 0.0769. The maximum absolute atomic E-state index is 12.7. The first-order valence-electron chi connectivity index (χ1n) is 9.10. The largest absolute Gasteiger partial charge is 0.325 e. The van der Waals surface area contributed by atoms with Gasteiger partial charge in [-0.25, -0.2) is 8.42 Å². The van der Waals surface area contributed by atoms with Crippen LogP contribution in [0.15, 0.2) is 57.9 Å². The van der Waals surface area contributed by atoms with Crippen molar-refractivity contribution in [3.8, 4) is 0 Å². The second-order valence-corrected chi connectivity index (χ2v) is 9.43. The Morgan fingerprint density at radius 2 is 1.67 bits per heavy atom. The summed E-state index contributed by atoms with van der Waals surface area (Å²) in [4.78, 5) is 12.5. The molecule has 2 aromatic rings. The molecule has 0 spiro atoms. The average molecular weight is 451 g/mol. The molecule has 2 aromatic carbocycles. The molecule has 0 atom stereocenters. The number of carbonyl (C=O) groups excluding carboxylic acids is 1. The molecule has 0 unspecified atom stereocenters. The molecule has 1 N–H and O–H groups in total. The van der Waals surface area contributed by atoms with Crippen LogP contribution in [0.3, 0.4) is 0 Å². The monoisotopic (exact) mass is 450 g/mol. The van der Waals surface area contributed by atoms with E-state index in [-0.39, 0.29) is 5.91 Å². The van der Waals surface area contributed by atoms with Crippen LogP contribution >= 0.6 is 15.9 Å². The minimum Gasteiger partial charge on any atom is -0.325 e. The van der Waals surface area contributed by atoms with E-state index in [9.17, 15) is 13.2 Å². The summed E-state index contributed by atoms with van der Waals surface area (Å²) < 4.78 is 27.7. The van der Waals surface area contributed by atoms with Gasteiger partial charge in [0.25, 0.3) is 0 Å². The van der Waals surface area contributed by atoms with Gasteiger partial charge in [-0.3, -0.25) is 4.79 Å². The van der Waals surface area contributed by atoms with Crippen LogP contribution in [-0.2, 0) is 21.2 Å². The first kappa shape index (κ1) is 20.0. The smallest absolute Gasteiger partial charge is 0.243 e. The molecule has 0 aliphatic carbocycles. The number of para-hydroxylation sites is 1. The van der Waals surface area contributed by atoms with Gasteiger partial charge in [-0.2, -0.15) is 4.31 Å². The van der Waals surface area contributed by atoms with E-state index in [0.29, 0.717) is 30.8 Å². The fourth-order valence-electron chi connectivity index (χ4n) is 3.12. The number of piperidine rings is 1. The molecule has 1 aliphatic rings. The standard InChI is InChI=1S/C20H23BrN2O3S/c21-18-6-2-3-7-19(18)22-20(24)13-10-16-8-11-17(12-9-16)27(25,26)23-14-4-1-5-15-23/h2-3,6-9,11-12H,1,4-5,10,13-15H2,(H,22,24). The van der Waals surface area contributed by atoms with Crippen molar-refractivity contribution in [1.82, 2.24) is 4.31 Å². The summed E-state index contributed by atoms with van der Waals surface area (Å²) in [5.74, 6) is -0.0769. The Morgan fingerprint density at radius 1 is 1.00 bits per heavy atom. The van der Waals surface area contributed by atoms with Crippen LogP contribution in [0.5, 0.6) is 0 Å².